The maximum atomic E-state index is 13.1. The summed E-state index contributed by atoms with van der Waals surface area (Å²) in [6.07, 6.45) is 0. The maximum absolute atomic E-state index is 13.1. The summed E-state index contributed by atoms with van der Waals surface area (Å²) in [5, 5.41) is 2.13. The van der Waals surface area contributed by atoms with Crippen molar-refractivity contribution in [3.8, 4) is 0 Å². The number of nitrogens with zero attached hydrogens (tertiary/aromatic N) is 1. The first-order chi connectivity index (χ1) is 15.9. The third-order valence-corrected chi connectivity index (χ3v) is 7.29. The lowest BCUT2D eigenvalue weighted by atomic mass is 10.0. The van der Waals surface area contributed by atoms with E-state index in [2.05, 4.69) is 5.32 Å². The molecule has 0 saturated carbocycles. The van der Waals surface area contributed by atoms with Crippen molar-refractivity contribution < 1.29 is 23.9 Å². The Labute approximate surface area is 220 Å². The van der Waals surface area contributed by atoms with Crippen molar-refractivity contribution in [3.05, 3.63) is 60.0 Å². The van der Waals surface area contributed by atoms with Gasteiger partial charge in [-0.15, -0.1) is 0 Å². The summed E-state index contributed by atoms with van der Waals surface area (Å²) >= 11 is 30.4. The Bertz CT molecular complexity index is 1180. The first-order valence-corrected chi connectivity index (χ1v) is 11.7. The van der Waals surface area contributed by atoms with Crippen molar-refractivity contribution in [2.24, 2.45) is 5.92 Å². The number of aryl methyl sites for hydroxylation is 1. The summed E-state index contributed by atoms with van der Waals surface area (Å²) in [7, 11) is 0. The number of nitrogens with one attached hydrogen (secondary N) is 1. The van der Waals surface area contributed by atoms with Crippen LogP contribution in [0.5, 0.6) is 0 Å². The highest BCUT2D eigenvalue weighted by atomic mass is 35.5. The lowest BCUT2D eigenvalue weighted by Crippen LogP contribution is -2.49. The number of carbonyl (C=O) groups excluding carboxylic acids is 4. The van der Waals surface area contributed by atoms with E-state index in [1.54, 1.807) is 32.0 Å². The Morgan fingerprint density at radius 1 is 0.941 bits per heavy atom. The van der Waals surface area contributed by atoms with Crippen LogP contribution in [0.15, 0.2) is 18.2 Å². The smallest absolute Gasteiger partial charge is 0.330 e. The molecule has 1 heterocycles. The average molecular weight is 567 g/mol. The molecular weight excluding hydrogens is 550 g/mol. The summed E-state index contributed by atoms with van der Waals surface area (Å²) in [6.45, 7) is 4.36. The SMILES string of the molecule is Cc1ccc(NC(=O)COC(=O)[C@@H](C(C)C)N2C(=O)c3c(Cl)c(Cl)c(Cl)c(Cl)c3C2=O)cc1Cl. The lowest BCUT2D eigenvalue weighted by molar-refractivity contribution is -0.152. The van der Waals surface area contributed by atoms with Crippen molar-refractivity contribution in [2.45, 2.75) is 26.8 Å². The summed E-state index contributed by atoms with van der Waals surface area (Å²) in [5.74, 6) is -3.93. The van der Waals surface area contributed by atoms with Crippen LogP contribution >= 0.6 is 58.0 Å². The van der Waals surface area contributed by atoms with Crippen LogP contribution in [0, 0.1) is 12.8 Å². The number of carbonyl (C=O) groups is 4. The fourth-order valence-electron chi connectivity index (χ4n) is 3.38. The minimum absolute atomic E-state index is 0.188. The molecule has 1 N–H and O–H groups in total. The van der Waals surface area contributed by atoms with E-state index in [1.807, 2.05) is 6.92 Å². The molecular formula is C22H17Cl5N2O5. The number of esters is 1. The van der Waals surface area contributed by atoms with Gasteiger partial charge in [0, 0.05) is 10.7 Å². The Morgan fingerprint density at radius 3 is 1.94 bits per heavy atom. The van der Waals surface area contributed by atoms with Crippen molar-refractivity contribution in [1.29, 1.82) is 0 Å². The molecule has 7 nitrogen and oxygen atoms in total. The van der Waals surface area contributed by atoms with Crippen LogP contribution in [-0.4, -0.2) is 41.2 Å². The van der Waals surface area contributed by atoms with Crippen LogP contribution in [0.3, 0.4) is 0 Å². The van der Waals surface area contributed by atoms with E-state index in [0.717, 1.165) is 5.56 Å². The van der Waals surface area contributed by atoms with Gasteiger partial charge in [-0.05, 0) is 30.5 Å². The van der Waals surface area contributed by atoms with Crippen LogP contribution in [0.25, 0.3) is 0 Å². The van der Waals surface area contributed by atoms with E-state index in [-0.39, 0.29) is 31.2 Å². The molecule has 1 aliphatic rings. The number of imide groups is 1. The van der Waals surface area contributed by atoms with Crippen molar-refractivity contribution in [2.75, 3.05) is 11.9 Å². The Kier molecular flexibility index (Phi) is 8.05. The fraction of sp³-hybridized carbons (Fsp3) is 0.273. The molecule has 3 rings (SSSR count). The predicted molar refractivity (Wildman–Crippen MR) is 131 cm³/mol. The van der Waals surface area contributed by atoms with Gasteiger partial charge < -0.3 is 10.1 Å². The summed E-state index contributed by atoms with van der Waals surface area (Å²) in [6, 6.07) is 3.55. The number of rotatable bonds is 6. The molecule has 0 bridgehead atoms. The van der Waals surface area contributed by atoms with Gasteiger partial charge in [0.15, 0.2) is 6.61 Å². The average Bonchev–Trinajstić information content (AvgIpc) is 3.02. The van der Waals surface area contributed by atoms with Gasteiger partial charge in [0.2, 0.25) is 0 Å². The molecule has 0 spiro atoms. The molecule has 2 aromatic rings. The maximum Gasteiger partial charge on any atom is 0.330 e. The molecule has 0 aliphatic carbocycles. The third kappa shape index (κ3) is 4.86. The van der Waals surface area contributed by atoms with Gasteiger partial charge in [-0.25, -0.2) is 4.79 Å². The normalized spacial score (nSPS) is 13.9. The van der Waals surface area contributed by atoms with Gasteiger partial charge in [-0.1, -0.05) is 77.9 Å². The largest absolute Gasteiger partial charge is 0.454 e. The first-order valence-electron chi connectivity index (χ1n) is 9.83. The van der Waals surface area contributed by atoms with Crippen molar-refractivity contribution in [1.82, 2.24) is 4.90 Å². The predicted octanol–water partition coefficient (Wildman–Crippen LogP) is 6.06. The van der Waals surface area contributed by atoms with Gasteiger partial charge in [0.25, 0.3) is 17.7 Å². The van der Waals surface area contributed by atoms with Gasteiger partial charge in [0.05, 0.1) is 31.2 Å². The summed E-state index contributed by atoms with van der Waals surface area (Å²) in [5.41, 5.74) is 0.738. The number of hydrogen-bond acceptors (Lipinski definition) is 5. The van der Waals surface area contributed by atoms with Gasteiger partial charge in [0.1, 0.15) is 6.04 Å². The van der Waals surface area contributed by atoms with Gasteiger partial charge in [-0.2, -0.15) is 0 Å². The monoisotopic (exact) mass is 564 g/mol. The second-order valence-corrected chi connectivity index (χ2v) is 9.71. The number of anilines is 1. The van der Waals surface area contributed by atoms with Crippen LogP contribution in [0.2, 0.25) is 25.1 Å². The topological polar surface area (TPSA) is 92.8 Å². The minimum atomic E-state index is -1.36. The highest BCUT2D eigenvalue weighted by Gasteiger charge is 2.48. The zero-order valence-corrected chi connectivity index (χ0v) is 21.8. The zero-order chi connectivity index (χ0) is 25.5. The van der Waals surface area contributed by atoms with E-state index in [9.17, 15) is 19.2 Å². The summed E-state index contributed by atoms with van der Waals surface area (Å²) < 4.78 is 5.12. The van der Waals surface area contributed by atoms with E-state index in [0.29, 0.717) is 15.6 Å². The number of ether oxygens (including phenoxy) is 1. The van der Waals surface area contributed by atoms with Crippen LogP contribution in [0.1, 0.15) is 40.1 Å². The molecule has 0 unspecified atom stereocenters. The molecule has 1 aliphatic heterocycles. The van der Waals surface area contributed by atoms with Gasteiger partial charge >= 0.3 is 5.97 Å². The van der Waals surface area contributed by atoms with E-state index in [1.165, 1.54) is 0 Å². The van der Waals surface area contributed by atoms with Gasteiger partial charge in [-0.3, -0.25) is 19.3 Å². The highest BCUT2D eigenvalue weighted by Crippen LogP contribution is 2.45. The van der Waals surface area contributed by atoms with E-state index >= 15 is 0 Å². The molecule has 0 aromatic heterocycles. The zero-order valence-electron chi connectivity index (χ0n) is 18.0. The number of fused-ring (bicyclic) bond motifs is 1. The standard InChI is InChI=1S/C22H17Cl5N2O5/c1-8(2)19(22(33)34-7-12(30)28-10-5-4-9(3)11(23)6-10)29-20(31)13-14(21(29)32)16(25)18(27)17(26)15(13)24/h4-6,8,19H,7H2,1-3H3,(H,28,30)/t19-/m1/s1. The highest BCUT2D eigenvalue weighted by molar-refractivity contribution is 6.55. The summed E-state index contributed by atoms with van der Waals surface area (Å²) in [4.78, 5) is 52.0. The van der Waals surface area contributed by atoms with E-state index in [4.69, 9.17) is 62.7 Å². The lowest BCUT2D eigenvalue weighted by Gasteiger charge is -2.27. The first kappa shape index (κ1) is 26.6. The molecule has 2 aromatic carbocycles. The molecule has 180 valence electrons. The molecule has 0 radical (unpaired) electrons. The molecule has 1 atom stereocenters. The van der Waals surface area contributed by atoms with Crippen molar-refractivity contribution in [3.63, 3.8) is 0 Å². The molecule has 3 amide bonds. The van der Waals surface area contributed by atoms with Crippen LogP contribution in [-0.2, 0) is 14.3 Å². The fourth-order valence-corrected chi connectivity index (χ4v) is 4.58. The minimum Gasteiger partial charge on any atom is -0.454 e. The molecule has 0 saturated heterocycles. The number of benzene rings is 2. The van der Waals surface area contributed by atoms with E-state index < -0.39 is 42.3 Å². The second-order valence-electron chi connectivity index (χ2n) is 7.79. The van der Waals surface area contributed by atoms with Crippen LogP contribution < -0.4 is 5.32 Å². The molecule has 34 heavy (non-hydrogen) atoms. The molecule has 0 fully saturated rings. The third-order valence-electron chi connectivity index (χ3n) is 5.08. The Balaban J connectivity index is 1.80. The van der Waals surface area contributed by atoms with Crippen molar-refractivity contribution >= 4 is 87.4 Å². The number of hydrogen-bond donors (Lipinski definition) is 1. The quantitative estimate of drug-likeness (QED) is 0.199. The number of halogens is 5. The molecule has 12 heteroatoms. The number of amides is 3. The Morgan fingerprint density at radius 2 is 1.47 bits per heavy atom. The second kappa shape index (κ2) is 10.3. The van der Waals surface area contributed by atoms with Crippen LogP contribution in [0.4, 0.5) is 5.69 Å². The Hall–Kier alpha value is -2.03.